The Morgan fingerprint density at radius 1 is 1.36 bits per heavy atom. The second kappa shape index (κ2) is 3.78. The molecular weight excluding hydrogens is 263 g/mol. The highest BCUT2D eigenvalue weighted by molar-refractivity contribution is 9.10. The number of nitrogens with two attached hydrogens (primary N) is 1. The summed E-state index contributed by atoms with van der Waals surface area (Å²) in [6, 6.07) is 2.35. The van der Waals surface area contributed by atoms with E-state index in [1.54, 1.807) is 0 Å². The molecule has 0 aromatic heterocycles. The van der Waals surface area contributed by atoms with Gasteiger partial charge in [-0.15, -0.1) is 0 Å². The van der Waals surface area contributed by atoms with Crippen molar-refractivity contribution >= 4 is 21.6 Å². The molecule has 14 heavy (non-hydrogen) atoms. The van der Waals surface area contributed by atoms with Crippen molar-refractivity contribution < 1.29 is 18.3 Å². The van der Waals surface area contributed by atoms with Crippen molar-refractivity contribution in [2.75, 3.05) is 5.73 Å². The van der Waals surface area contributed by atoms with Crippen molar-refractivity contribution in [3.8, 4) is 0 Å². The number of aliphatic hydroxyl groups excluding tert-OH is 1. The van der Waals surface area contributed by atoms with Crippen LogP contribution in [0.15, 0.2) is 16.6 Å². The third-order valence-corrected chi connectivity index (χ3v) is 2.13. The van der Waals surface area contributed by atoms with Gasteiger partial charge in [0.2, 0.25) is 0 Å². The van der Waals surface area contributed by atoms with Gasteiger partial charge in [0.25, 0.3) is 0 Å². The van der Waals surface area contributed by atoms with Crippen LogP contribution in [0.5, 0.6) is 0 Å². The summed E-state index contributed by atoms with van der Waals surface area (Å²) < 4.78 is 37.7. The molecule has 0 atom stereocenters. The Hall–Kier alpha value is -0.750. The lowest BCUT2D eigenvalue weighted by atomic mass is 10.1. The van der Waals surface area contributed by atoms with Crippen LogP contribution in [0.2, 0.25) is 0 Å². The van der Waals surface area contributed by atoms with E-state index in [4.69, 9.17) is 10.8 Å². The summed E-state index contributed by atoms with van der Waals surface area (Å²) in [6.45, 7) is -0.696. The molecule has 0 aliphatic rings. The number of rotatable bonds is 1. The van der Waals surface area contributed by atoms with Gasteiger partial charge in [-0.3, -0.25) is 0 Å². The van der Waals surface area contributed by atoms with Crippen LogP contribution in [-0.2, 0) is 12.8 Å². The van der Waals surface area contributed by atoms with Gasteiger partial charge in [-0.25, -0.2) is 0 Å². The molecular formula is C8H7BrF3NO. The van der Waals surface area contributed by atoms with E-state index >= 15 is 0 Å². The standard InChI is InChI=1S/C8H7BrF3NO/c9-5-1-4(3-14)7(6(13)2-5)8(10,11)12/h1-2,14H,3,13H2. The zero-order valence-corrected chi connectivity index (χ0v) is 8.48. The van der Waals surface area contributed by atoms with Crippen LogP contribution < -0.4 is 5.73 Å². The molecule has 0 unspecified atom stereocenters. The summed E-state index contributed by atoms with van der Waals surface area (Å²) in [5.74, 6) is 0. The number of hydrogen-bond donors (Lipinski definition) is 2. The first-order valence-corrected chi connectivity index (χ1v) is 4.41. The maximum atomic E-state index is 12.4. The molecule has 0 heterocycles. The van der Waals surface area contributed by atoms with Crippen LogP contribution in [0.4, 0.5) is 18.9 Å². The monoisotopic (exact) mass is 269 g/mol. The molecule has 0 radical (unpaired) electrons. The van der Waals surface area contributed by atoms with Crippen LogP contribution in [-0.4, -0.2) is 5.11 Å². The van der Waals surface area contributed by atoms with Gasteiger partial charge in [0.05, 0.1) is 12.2 Å². The van der Waals surface area contributed by atoms with Gasteiger partial charge in [-0.2, -0.15) is 13.2 Å². The molecule has 3 N–H and O–H groups in total. The third kappa shape index (κ3) is 2.19. The fourth-order valence-corrected chi connectivity index (χ4v) is 1.68. The van der Waals surface area contributed by atoms with E-state index < -0.39 is 24.0 Å². The first-order valence-electron chi connectivity index (χ1n) is 3.62. The van der Waals surface area contributed by atoms with Crippen molar-refractivity contribution in [3.05, 3.63) is 27.7 Å². The highest BCUT2D eigenvalue weighted by atomic mass is 79.9. The normalized spacial score (nSPS) is 11.8. The molecule has 0 aliphatic heterocycles. The topological polar surface area (TPSA) is 46.2 Å². The molecule has 78 valence electrons. The van der Waals surface area contributed by atoms with Gasteiger partial charge in [0.1, 0.15) is 0 Å². The Morgan fingerprint density at radius 2 is 1.93 bits per heavy atom. The first-order chi connectivity index (χ1) is 6.36. The first kappa shape index (κ1) is 11.3. The van der Waals surface area contributed by atoms with Crippen LogP contribution in [0.3, 0.4) is 0 Å². The largest absolute Gasteiger partial charge is 0.418 e. The minimum absolute atomic E-state index is 0.232. The lowest BCUT2D eigenvalue weighted by Gasteiger charge is -2.14. The molecule has 0 amide bonds. The van der Waals surface area contributed by atoms with Gasteiger partial charge >= 0.3 is 6.18 Å². The number of nitrogen functional groups attached to an aromatic ring is 1. The molecule has 0 bridgehead atoms. The number of anilines is 1. The Balaban J connectivity index is 3.40. The van der Waals surface area contributed by atoms with Crippen molar-refractivity contribution in [2.45, 2.75) is 12.8 Å². The van der Waals surface area contributed by atoms with Gasteiger partial charge in [0.15, 0.2) is 0 Å². The molecule has 0 spiro atoms. The second-order valence-electron chi connectivity index (χ2n) is 2.69. The summed E-state index contributed by atoms with van der Waals surface area (Å²) in [4.78, 5) is 0. The number of hydrogen-bond acceptors (Lipinski definition) is 2. The molecule has 1 aromatic rings. The quantitative estimate of drug-likeness (QED) is 0.770. The molecule has 0 saturated heterocycles. The van der Waals surface area contributed by atoms with Crippen molar-refractivity contribution in [3.63, 3.8) is 0 Å². The fraction of sp³-hybridized carbons (Fsp3) is 0.250. The van der Waals surface area contributed by atoms with Gasteiger partial charge < -0.3 is 10.8 Å². The average molecular weight is 270 g/mol. The molecule has 0 aliphatic carbocycles. The molecule has 1 rings (SSSR count). The number of benzene rings is 1. The Morgan fingerprint density at radius 3 is 2.36 bits per heavy atom. The zero-order chi connectivity index (χ0) is 10.9. The fourth-order valence-electron chi connectivity index (χ4n) is 1.16. The number of aliphatic hydroxyl groups is 1. The average Bonchev–Trinajstić information content (AvgIpc) is 1.99. The molecule has 2 nitrogen and oxygen atoms in total. The minimum Gasteiger partial charge on any atom is -0.398 e. The molecule has 0 saturated carbocycles. The minimum atomic E-state index is -4.54. The maximum absolute atomic E-state index is 12.4. The zero-order valence-electron chi connectivity index (χ0n) is 6.90. The van der Waals surface area contributed by atoms with E-state index in [2.05, 4.69) is 15.9 Å². The van der Waals surface area contributed by atoms with Crippen LogP contribution in [0.25, 0.3) is 0 Å². The SMILES string of the molecule is Nc1cc(Br)cc(CO)c1C(F)(F)F. The van der Waals surface area contributed by atoms with Crippen molar-refractivity contribution in [1.29, 1.82) is 0 Å². The Kier molecular flexibility index (Phi) is 3.06. The lowest BCUT2D eigenvalue weighted by Crippen LogP contribution is -2.12. The van der Waals surface area contributed by atoms with Crippen LogP contribution in [0.1, 0.15) is 11.1 Å². The van der Waals surface area contributed by atoms with Gasteiger partial charge in [-0.1, -0.05) is 15.9 Å². The van der Waals surface area contributed by atoms with E-state index in [1.807, 2.05) is 0 Å². The van der Waals surface area contributed by atoms with Crippen molar-refractivity contribution in [1.82, 2.24) is 0 Å². The molecule has 0 fully saturated rings. The summed E-state index contributed by atoms with van der Waals surface area (Å²) in [6.07, 6.45) is -4.54. The van der Waals surface area contributed by atoms with E-state index in [9.17, 15) is 13.2 Å². The number of alkyl halides is 3. The van der Waals surface area contributed by atoms with Gasteiger partial charge in [0, 0.05) is 10.2 Å². The van der Waals surface area contributed by atoms with Gasteiger partial charge in [-0.05, 0) is 17.7 Å². The van der Waals surface area contributed by atoms with E-state index in [1.165, 1.54) is 6.07 Å². The summed E-state index contributed by atoms with van der Waals surface area (Å²) >= 11 is 3.00. The summed E-state index contributed by atoms with van der Waals surface area (Å²) in [7, 11) is 0. The van der Waals surface area contributed by atoms with Crippen LogP contribution in [0, 0.1) is 0 Å². The number of halogens is 4. The lowest BCUT2D eigenvalue weighted by molar-refractivity contribution is -0.138. The third-order valence-electron chi connectivity index (χ3n) is 1.67. The highest BCUT2D eigenvalue weighted by Gasteiger charge is 2.35. The predicted octanol–water partition coefficient (Wildman–Crippen LogP) is 2.54. The van der Waals surface area contributed by atoms with Crippen LogP contribution >= 0.6 is 15.9 Å². The predicted molar refractivity (Wildman–Crippen MR) is 49.5 cm³/mol. The smallest absolute Gasteiger partial charge is 0.398 e. The van der Waals surface area contributed by atoms with Crippen molar-refractivity contribution in [2.24, 2.45) is 0 Å². The maximum Gasteiger partial charge on any atom is 0.418 e. The summed E-state index contributed by atoms with van der Waals surface area (Å²) in [5, 5.41) is 8.75. The highest BCUT2D eigenvalue weighted by Crippen LogP contribution is 2.37. The van der Waals surface area contributed by atoms with E-state index in [-0.39, 0.29) is 5.56 Å². The second-order valence-corrected chi connectivity index (χ2v) is 3.60. The Bertz CT molecular complexity index is 351. The van der Waals surface area contributed by atoms with E-state index in [0.29, 0.717) is 4.47 Å². The van der Waals surface area contributed by atoms with E-state index in [0.717, 1.165) is 6.07 Å². The molecule has 1 aromatic carbocycles. The molecule has 6 heteroatoms. The summed E-state index contributed by atoms with van der Waals surface area (Å²) in [5.41, 5.74) is 3.63. The Labute approximate surface area is 86.7 Å².